The second kappa shape index (κ2) is 37.5. The van der Waals surface area contributed by atoms with E-state index in [9.17, 15) is 13.6 Å². The lowest BCUT2D eigenvalue weighted by atomic mass is 9.95. The summed E-state index contributed by atoms with van der Waals surface area (Å²) < 4.78 is 25.9. The number of nitrogens with two attached hydrogens (primary N) is 3. The Morgan fingerprint density at radius 3 is 1.22 bits per heavy atom. The molecule has 0 unspecified atom stereocenters. The summed E-state index contributed by atoms with van der Waals surface area (Å²) in [6, 6.07) is 1.80. The zero-order valence-electron chi connectivity index (χ0n) is 54.5. The summed E-state index contributed by atoms with van der Waals surface area (Å²) in [5, 5.41) is 0.794. The number of carbonyl (C=O) groups excluding carboxylic acids is 1. The molecule has 89 heavy (non-hydrogen) atoms. The Bertz CT molecular complexity index is 3420. The number of aromatic nitrogens is 17. The van der Waals surface area contributed by atoms with Gasteiger partial charge in [0.2, 0.25) is 23.7 Å². The summed E-state index contributed by atoms with van der Waals surface area (Å²) >= 11 is 5.77. The van der Waals surface area contributed by atoms with E-state index in [0.29, 0.717) is 30.9 Å². The van der Waals surface area contributed by atoms with E-state index >= 15 is 0 Å². The second-order valence-electron chi connectivity index (χ2n) is 21.1. The molecule has 0 spiro atoms. The Morgan fingerprint density at radius 1 is 0.461 bits per heavy atom. The van der Waals surface area contributed by atoms with Crippen LogP contribution < -0.4 is 22.1 Å². The highest BCUT2D eigenvalue weighted by atomic mass is 35.5. The van der Waals surface area contributed by atoms with Crippen molar-refractivity contribution >= 4 is 35.4 Å². The number of fused-ring (bicyclic) bond motifs is 1. The molecule has 25 heteroatoms. The van der Waals surface area contributed by atoms with Crippen LogP contribution in [0.1, 0.15) is 143 Å². The average molecular weight is 1240 g/mol. The fourth-order valence-corrected chi connectivity index (χ4v) is 7.31. The third-order valence-corrected chi connectivity index (χ3v) is 14.5. The van der Waals surface area contributed by atoms with Gasteiger partial charge in [0, 0.05) is 137 Å². The van der Waals surface area contributed by atoms with Gasteiger partial charge in [0.1, 0.15) is 25.3 Å². The number of carbonyl (C=O) groups is 1. The predicted molar refractivity (Wildman–Crippen MR) is 346 cm³/mol. The molecule has 6 N–H and O–H groups in total. The van der Waals surface area contributed by atoms with Crippen molar-refractivity contribution in [1.29, 1.82) is 0 Å². The number of nitrogens with zero attached hydrogens (tertiary/aromatic N) is 18. The van der Waals surface area contributed by atoms with Crippen LogP contribution in [0.25, 0.3) is 0 Å². The molecule has 0 aromatic carbocycles. The number of rotatable bonds is 2. The largest absolute Gasteiger partial charge is 0.368 e. The van der Waals surface area contributed by atoms with Gasteiger partial charge in [-0.25, -0.2) is 88.5 Å². The fraction of sp³-hybridized carbons (Fsp3) is 0.406. The van der Waals surface area contributed by atoms with E-state index in [-0.39, 0.29) is 18.7 Å². The number of halogens is 3. The lowest BCUT2D eigenvalue weighted by Crippen LogP contribution is -2.40. The molecule has 11 rings (SSSR count). The van der Waals surface area contributed by atoms with Crippen molar-refractivity contribution in [3.8, 4) is 0 Å². The maximum Gasteiger partial charge on any atom is 0.286 e. The molecule has 0 saturated carbocycles. The molecular weight excluding hydrogens is 1150 g/mol. The van der Waals surface area contributed by atoms with Crippen LogP contribution in [0, 0.1) is 118 Å². The SMILES string of the molecule is Cc1cnc(C(N)=O)nc1C.Cc1cnc(N)nc1C.Cc1cnc(N)nc1C.Cc1cnc(N2CCC(F)(F)CC2)nc1C.Cc1cncnc1C.Cc1cncnc1C.Cc1cncnc1C.Cc1nccc(Cl)c1C.Cc1ncnc2c1CCCC2. The van der Waals surface area contributed by atoms with E-state index < -0.39 is 11.8 Å². The molecule has 0 atom stereocenters. The van der Waals surface area contributed by atoms with Crippen LogP contribution in [-0.4, -0.2) is 110 Å². The van der Waals surface area contributed by atoms with E-state index in [1.54, 1.807) is 62.4 Å². The molecule has 10 heterocycles. The maximum absolute atomic E-state index is 13.0. The topological polar surface area (TPSA) is 317 Å². The third-order valence-electron chi connectivity index (χ3n) is 14.1. The number of hydrogen-bond acceptors (Lipinski definition) is 21. The summed E-state index contributed by atoms with van der Waals surface area (Å²) in [4.78, 5) is 79.9. The first-order valence-electron chi connectivity index (χ1n) is 28.7. The van der Waals surface area contributed by atoms with Crippen molar-refractivity contribution in [1.82, 2.24) is 84.7 Å². The molecule has 22 nitrogen and oxygen atoms in total. The van der Waals surface area contributed by atoms with E-state index in [1.807, 2.05) is 134 Å². The molecule has 1 saturated heterocycles. The number of pyridine rings is 1. The minimum absolute atomic E-state index is 0.0769. The molecule has 0 radical (unpaired) electrons. The smallest absolute Gasteiger partial charge is 0.286 e. The van der Waals surface area contributed by atoms with Crippen molar-refractivity contribution in [3.63, 3.8) is 0 Å². The summed E-state index contributed by atoms with van der Waals surface area (Å²) in [5.74, 6) is -1.77. The lowest BCUT2D eigenvalue weighted by molar-refractivity contribution is -0.0222. The molecule has 9 aromatic heterocycles. The Hall–Kier alpha value is -9.19. The monoisotopic (exact) mass is 1240 g/mol. The molecule has 1 aliphatic carbocycles. The van der Waals surface area contributed by atoms with Crippen LogP contribution in [0.2, 0.25) is 5.02 Å². The molecule has 0 bridgehead atoms. The first-order valence-corrected chi connectivity index (χ1v) is 29.1. The van der Waals surface area contributed by atoms with Crippen LogP contribution >= 0.6 is 11.6 Å². The normalized spacial score (nSPS) is 12.2. The van der Waals surface area contributed by atoms with Gasteiger partial charge < -0.3 is 22.1 Å². The summed E-state index contributed by atoms with van der Waals surface area (Å²) in [6.07, 6.45) is 25.0. The van der Waals surface area contributed by atoms with Gasteiger partial charge in [-0.15, -0.1) is 0 Å². The first kappa shape index (κ1) is 74.1. The average Bonchev–Trinajstić information content (AvgIpc) is 2.30. The van der Waals surface area contributed by atoms with Crippen molar-refractivity contribution in [2.75, 3.05) is 29.5 Å². The minimum atomic E-state index is -2.52. The summed E-state index contributed by atoms with van der Waals surface area (Å²) in [6.45, 7) is 33.8. The van der Waals surface area contributed by atoms with Gasteiger partial charge in [0.15, 0.2) is 0 Å². The Morgan fingerprint density at radius 2 is 0.865 bits per heavy atom. The highest BCUT2D eigenvalue weighted by Crippen LogP contribution is 2.29. The summed E-state index contributed by atoms with van der Waals surface area (Å²) in [5.41, 5.74) is 35.8. The van der Waals surface area contributed by atoms with Crippen molar-refractivity contribution < 1.29 is 13.6 Å². The Labute approximate surface area is 527 Å². The van der Waals surface area contributed by atoms with Crippen molar-refractivity contribution in [3.05, 3.63) is 199 Å². The summed E-state index contributed by atoms with van der Waals surface area (Å²) in [7, 11) is 0. The van der Waals surface area contributed by atoms with Crippen molar-refractivity contribution in [2.24, 2.45) is 5.73 Å². The molecule has 1 aliphatic heterocycles. The molecule has 1 amide bonds. The first-order chi connectivity index (χ1) is 42.0. The van der Waals surface area contributed by atoms with Crippen LogP contribution in [0.4, 0.5) is 26.6 Å². The number of piperidine rings is 1. The highest BCUT2D eigenvalue weighted by molar-refractivity contribution is 6.31. The lowest BCUT2D eigenvalue weighted by Gasteiger charge is -2.31. The molecular formula is C64H86ClF2N21O. The second-order valence-corrected chi connectivity index (χ2v) is 21.5. The van der Waals surface area contributed by atoms with Gasteiger partial charge in [-0.3, -0.25) is 9.78 Å². The van der Waals surface area contributed by atoms with Gasteiger partial charge in [-0.1, -0.05) is 11.6 Å². The van der Waals surface area contributed by atoms with E-state index in [1.165, 1.54) is 36.2 Å². The third kappa shape index (κ3) is 27.2. The van der Waals surface area contributed by atoms with Crippen LogP contribution in [0.5, 0.6) is 0 Å². The van der Waals surface area contributed by atoms with Crippen LogP contribution in [-0.2, 0) is 12.8 Å². The Balaban J connectivity index is 0.000000264. The molecule has 9 aromatic rings. The van der Waals surface area contributed by atoms with E-state index in [4.69, 9.17) is 28.8 Å². The van der Waals surface area contributed by atoms with Gasteiger partial charge in [0.05, 0.1) is 0 Å². The van der Waals surface area contributed by atoms with Crippen molar-refractivity contribution in [2.45, 2.75) is 162 Å². The molecule has 474 valence electrons. The van der Waals surface area contributed by atoms with Gasteiger partial charge in [-0.05, 0) is 200 Å². The van der Waals surface area contributed by atoms with E-state index in [0.717, 1.165) is 102 Å². The molecule has 1 fully saturated rings. The molecule has 2 aliphatic rings. The number of aryl methyl sites for hydroxylation is 17. The fourth-order valence-electron chi connectivity index (χ4n) is 7.11. The number of nitrogen functional groups attached to an aromatic ring is 2. The standard InChI is InChI=1S/C11H15F2N3.C9H12N2.C7H8ClN.C7H9N3O.2C6H9N3.3C6H8N2/c1-8-7-14-10(15-9(8)2)16-5-3-11(12,13)4-6-16;1-7-8-4-2-3-5-9(8)11-6-10-7;1-5-6(2)9-4-3-7(5)8;1-4-3-9-7(6(8)11)10-5(4)2;2*1-4-3-8-6(7)9-5(4)2;3*1-5-3-7-4-8-6(5)2/h7H,3-6H2,1-2H3;6H,2-5H2,1H3;3-4H,1-2H3;3H,1-2H3,(H2,8,11);2*3H,1-2H3,(H2,7,8,9);3*3-4H,1-2H3. The quantitative estimate of drug-likeness (QED) is 0.145. The zero-order chi connectivity index (χ0) is 66.4. The van der Waals surface area contributed by atoms with Gasteiger partial charge in [-0.2, -0.15) is 0 Å². The zero-order valence-corrected chi connectivity index (χ0v) is 55.2. The predicted octanol–water partition coefficient (Wildman–Crippen LogP) is 11.2. The number of hydrogen-bond donors (Lipinski definition) is 3. The van der Waals surface area contributed by atoms with Crippen LogP contribution in [0.3, 0.4) is 0 Å². The Kier molecular flexibility index (Phi) is 31.2. The number of amides is 1. The minimum Gasteiger partial charge on any atom is -0.368 e. The number of anilines is 3. The maximum atomic E-state index is 13.0. The number of alkyl halides is 2. The van der Waals surface area contributed by atoms with Gasteiger partial charge >= 0.3 is 0 Å². The number of primary amides is 1. The van der Waals surface area contributed by atoms with Crippen LogP contribution in [0.15, 0.2) is 81.0 Å². The highest BCUT2D eigenvalue weighted by Gasteiger charge is 2.34. The van der Waals surface area contributed by atoms with Gasteiger partial charge in [0.25, 0.3) is 11.8 Å². The van der Waals surface area contributed by atoms with E-state index in [2.05, 4.69) is 91.7 Å².